The first kappa shape index (κ1) is 32.7. The maximum absolute atomic E-state index is 14.4. The Morgan fingerprint density at radius 3 is 2.26 bits per heavy atom. The molecule has 250 valence electrons. The lowest BCUT2D eigenvalue weighted by atomic mass is 9.85. The Bertz CT molecular complexity index is 1640. The number of carbonyl (C=O) groups excluding carboxylic acids is 3. The van der Waals surface area contributed by atoms with Crippen LogP contribution in [0.4, 0.5) is 9.59 Å². The number of hydrogen-bond donors (Lipinski definition) is 2. The molecule has 1 fully saturated rings. The molecule has 12 nitrogen and oxygen atoms in total. The fourth-order valence-electron chi connectivity index (χ4n) is 6.04. The Kier molecular flexibility index (Phi) is 8.62. The first-order valence-electron chi connectivity index (χ1n) is 15.6. The molecule has 2 N–H and O–H groups in total. The van der Waals surface area contributed by atoms with E-state index in [4.69, 9.17) is 18.9 Å². The Hall–Kier alpha value is -4.26. The number of aromatic nitrogens is 2. The molecule has 3 aliphatic rings. The van der Waals surface area contributed by atoms with E-state index in [1.165, 1.54) is 0 Å². The molecule has 47 heavy (non-hydrogen) atoms. The smallest absolute Gasteiger partial charge is 0.410 e. The topological polar surface area (TPSA) is 135 Å². The van der Waals surface area contributed by atoms with Gasteiger partial charge in [0.1, 0.15) is 23.6 Å². The lowest BCUT2D eigenvalue weighted by Gasteiger charge is -2.35. The highest BCUT2D eigenvalue weighted by molar-refractivity contribution is 9.10. The largest absolute Gasteiger partial charge is 0.454 e. The van der Waals surface area contributed by atoms with Gasteiger partial charge in [0.25, 0.3) is 0 Å². The molecule has 1 aromatic heterocycles. The molecule has 0 aliphatic carbocycles. The zero-order valence-corrected chi connectivity index (χ0v) is 29.0. The van der Waals surface area contributed by atoms with E-state index in [1.807, 2.05) is 57.2 Å². The van der Waals surface area contributed by atoms with Crippen LogP contribution < -0.4 is 14.8 Å². The SMILES string of the molecule is CC(C)(C)OC(=O)N[C@H](C(=O)N1C[C@H](OC(=O)N2Cc3cc4c(cc3C2)OCO4)C[C@H]1c1ncc(-c2ccc(Br)cc2)[nH]1)C(C)(C)C. The maximum Gasteiger partial charge on any atom is 0.410 e. The van der Waals surface area contributed by atoms with Gasteiger partial charge in [-0.2, -0.15) is 0 Å². The van der Waals surface area contributed by atoms with Gasteiger partial charge in [0, 0.05) is 24.0 Å². The average Bonchev–Trinajstić information content (AvgIpc) is 3.78. The second kappa shape index (κ2) is 12.4. The van der Waals surface area contributed by atoms with Crippen molar-refractivity contribution in [2.45, 2.75) is 84.8 Å². The molecule has 0 spiro atoms. The minimum absolute atomic E-state index is 0.128. The zero-order chi connectivity index (χ0) is 33.7. The number of amides is 3. The van der Waals surface area contributed by atoms with E-state index in [2.05, 4.69) is 31.2 Å². The van der Waals surface area contributed by atoms with Gasteiger partial charge in [0.05, 0.1) is 24.5 Å². The normalized spacial score (nSPS) is 19.4. The third kappa shape index (κ3) is 7.19. The van der Waals surface area contributed by atoms with Crippen LogP contribution in [-0.2, 0) is 27.4 Å². The predicted octanol–water partition coefficient (Wildman–Crippen LogP) is 6.30. The van der Waals surface area contributed by atoms with Crippen LogP contribution >= 0.6 is 15.9 Å². The number of fused-ring (bicyclic) bond motifs is 2. The number of aromatic amines is 1. The molecule has 3 amide bonds. The van der Waals surface area contributed by atoms with Crippen LogP contribution in [0.1, 0.15) is 71.0 Å². The quantitative estimate of drug-likeness (QED) is 0.315. The summed E-state index contributed by atoms with van der Waals surface area (Å²) in [6, 6.07) is 10.2. The van der Waals surface area contributed by atoms with Gasteiger partial charge in [-0.1, -0.05) is 48.8 Å². The first-order chi connectivity index (χ1) is 22.1. The second-order valence-electron chi connectivity index (χ2n) is 14.2. The standard InChI is InChI=1S/C34H40BrN5O7/c1-33(2,3)28(38-31(42)47-34(4,5)6)30(41)40-17-23(13-25(40)29-36-14-24(37-29)19-7-9-22(35)10-8-19)46-32(43)39-15-20-11-26-27(45-18-44-26)12-21(20)16-39/h7-12,14,23,25,28H,13,15-18H2,1-6H3,(H,36,37)(H,38,42)/t23-,25+,28-/m1/s1. The third-order valence-electron chi connectivity index (χ3n) is 8.33. The molecule has 1 saturated heterocycles. The van der Waals surface area contributed by atoms with Gasteiger partial charge in [-0.15, -0.1) is 0 Å². The van der Waals surface area contributed by atoms with Gasteiger partial charge in [0.2, 0.25) is 12.7 Å². The van der Waals surface area contributed by atoms with Gasteiger partial charge in [-0.05, 0) is 67.1 Å². The summed E-state index contributed by atoms with van der Waals surface area (Å²) >= 11 is 3.47. The number of imidazole rings is 1. The molecule has 0 saturated carbocycles. The Labute approximate surface area is 282 Å². The van der Waals surface area contributed by atoms with E-state index < -0.39 is 41.4 Å². The van der Waals surface area contributed by atoms with Crippen LogP contribution in [0.15, 0.2) is 47.1 Å². The van der Waals surface area contributed by atoms with Gasteiger partial charge in [-0.3, -0.25) is 9.69 Å². The van der Waals surface area contributed by atoms with Gasteiger partial charge < -0.3 is 34.1 Å². The summed E-state index contributed by atoms with van der Waals surface area (Å²) in [5, 5.41) is 2.80. The molecular formula is C34H40BrN5O7. The molecule has 2 aromatic carbocycles. The molecule has 3 atom stereocenters. The number of alkyl carbamates (subject to hydrolysis) is 1. The number of ether oxygens (including phenoxy) is 4. The number of nitrogens with zero attached hydrogens (tertiary/aromatic N) is 3. The van der Waals surface area contributed by atoms with Crippen molar-refractivity contribution < 1.29 is 33.3 Å². The molecule has 6 rings (SSSR count). The number of hydrogen-bond acceptors (Lipinski definition) is 8. The fraction of sp³-hybridized carbons (Fsp3) is 0.471. The Morgan fingerprint density at radius 1 is 1.02 bits per heavy atom. The number of nitrogens with one attached hydrogen (secondary N) is 2. The maximum atomic E-state index is 14.4. The summed E-state index contributed by atoms with van der Waals surface area (Å²) in [6.45, 7) is 12.0. The number of benzene rings is 2. The van der Waals surface area contributed by atoms with Crippen LogP contribution in [-0.4, -0.2) is 68.9 Å². The molecule has 3 aliphatic heterocycles. The minimum atomic E-state index is -0.922. The molecule has 4 heterocycles. The number of likely N-dealkylation sites (tertiary alicyclic amines) is 1. The molecule has 0 radical (unpaired) electrons. The summed E-state index contributed by atoms with van der Waals surface area (Å²) in [5.74, 6) is 1.57. The van der Waals surface area contributed by atoms with Crippen LogP contribution in [0.5, 0.6) is 11.5 Å². The highest BCUT2D eigenvalue weighted by atomic mass is 79.9. The van der Waals surface area contributed by atoms with Crippen LogP contribution in [0.2, 0.25) is 0 Å². The summed E-state index contributed by atoms with van der Waals surface area (Å²) in [6.07, 6.45) is 0.281. The summed E-state index contributed by atoms with van der Waals surface area (Å²) < 4.78 is 23.5. The lowest BCUT2D eigenvalue weighted by molar-refractivity contribution is -0.137. The monoisotopic (exact) mass is 709 g/mol. The number of carbonyl (C=O) groups is 3. The van der Waals surface area contributed by atoms with E-state index in [9.17, 15) is 14.4 Å². The molecule has 13 heteroatoms. The van der Waals surface area contributed by atoms with Crippen molar-refractivity contribution in [1.82, 2.24) is 25.1 Å². The van der Waals surface area contributed by atoms with Crippen LogP contribution in [0.3, 0.4) is 0 Å². The molecule has 0 bridgehead atoms. The van der Waals surface area contributed by atoms with Crippen molar-refractivity contribution in [3.8, 4) is 22.8 Å². The summed E-state index contributed by atoms with van der Waals surface area (Å²) in [4.78, 5) is 52.0. The highest BCUT2D eigenvalue weighted by Gasteiger charge is 2.46. The third-order valence-corrected chi connectivity index (χ3v) is 8.86. The number of rotatable bonds is 5. The van der Waals surface area contributed by atoms with E-state index >= 15 is 0 Å². The van der Waals surface area contributed by atoms with Crippen molar-refractivity contribution in [2.24, 2.45) is 5.41 Å². The van der Waals surface area contributed by atoms with E-state index in [0.717, 1.165) is 26.9 Å². The van der Waals surface area contributed by atoms with Crippen molar-refractivity contribution in [1.29, 1.82) is 0 Å². The van der Waals surface area contributed by atoms with Crippen LogP contribution in [0, 0.1) is 5.41 Å². The lowest BCUT2D eigenvalue weighted by Crippen LogP contribution is -2.55. The second-order valence-corrected chi connectivity index (χ2v) is 15.1. The van der Waals surface area contributed by atoms with Crippen molar-refractivity contribution in [3.63, 3.8) is 0 Å². The molecule has 3 aromatic rings. The molecular weight excluding hydrogens is 670 g/mol. The Morgan fingerprint density at radius 2 is 1.66 bits per heavy atom. The van der Waals surface area contributed by atoms with Crippen molar-refractivity contribution in [3.05, 3.63) is 64.0 Å². The summed E-state index contributed by atoms with van der Waals surface area (Å²) in [5.41, 5.74) is 2.27. The predicted molar refractivity (Wildman–Crippen MR) is 175 cm³/mol. The highest BCUT2D eigenvalue weighted by Crippen LogP contribution is 2.39. The fourth-order valence-corrected chi connectivity index (χ4v) is 6.31. The first-order valence-corrected chi connectivity index (χ1v) is 16.4. The minimum Gasteiger partial charge on any atom is -0.454 e. The van der Waals surface area contributed by atoms with Gasteiger partial charge in [-0.25, -0.2) is 14.6 Å². The van der Waals surface area contributed by atoms with Gasteiger partial charge >= 0.3 is 12.2 Å². The van der Waals surface area contributed by atoms with Crippen LogP contribution in [0.25, 0.3) is 11.3 Å². The Balaban J connectivity index is 1.23. The van der Waals surface area contributed by atoms with E-state index in [1.54, 1.807) is 36.8 Å². The van der Waals surface area contributed by atoms with Crippen molar-refractivity contribution in [2.75, 3.05) is 13.3 Å². The average molecular weight is 711 g/mol. The van der Waals surface area contributed by atoms with E-state index in [0.29, 0.717) is 36.8 Å². The number of halogens is 1. The number of H-pyrrole nitrogens is 1. The van der Waals surface area contributed by atoms with E-state index in [-0.39, 0.29) is 19.2 Å². The van der Waals surface area contributed by atoms with Gasteiger partial charge in [0.15, 0.2) is 11.5 Å². The zero-order valence-electron chi connectivity index (χ0n) is 27.4. The van der Waals surface area contributed by atoms with Crippen molar-refractivity contribution >= 4 is 34.0 Å². The summed E-state index contributed by atoms with van der Waals surface area (Å²) in [7, 11) is 0. The molecule has 0 unspecified atom stereocenters.